The number of aromatic nitrogens is 1. The van der Waals surface area contributed by atoms with Gasteiger partial charge < -0.3 is 19.3 Å². The summed E-state index contributed by atoms with van der Waals surface area (Å²) in [5, 5.41) is 3.36. The summed E-state index contributed by atoms with van der Waals surface area (Å²) in [6.07, 6.45) is 6.48. The number of nitrogens with zero attached hydrogens (tertiary/aromatic N) is 1. The first-order valence-electron chi connectivity index (χ1n) is 10.8. The molecule has 166 valence electrons. The fourth-order valence-electron chi connectivity index (χ4n) is 3.49. The lowest BCUT2D eigenvalue weighted by molar-refractivity contribution is -0.109. The summed E-state index contributed by atoms with van der Waals surface area (Å²) in [5.74, 6) is 2.23. The van der Waals surface area contributed by atoms with Crippen molar-refractivity contribution in [2.24, 2.45) is 0 Å². The van der Waals surface area contributed by atoms with Gasteiger partial charge in [-0.3, -0.25) is 0 Å². The minimum atomic E-state index is -0.264. The quantitative estimate of drug-likeness (QED) is 0.282. The van der Waals surface area contributed by atoms with E-state index in [0.717, 1.165) is 41.0 Å². The number of aryl methyl sites for hydroxylation is 1. The molecule has 0 bridgehead atoms. The molecule has 3 rings (SSSR count). The van der Waals surface area contributed by atoms with Crippen molar-refractivity contribution in [2.45, 2.75) is 38.3 Å². The zero-order valence-electron chi connectivity index (χ0n) is 18.5. The SMILES string of the molecule is C=CC[C@@H](C=O)N[C@@H](CC=C)c1ccc(OCCc2nc(-c3ccccc3)oc2C)cc1. The Balaban J connectivity index is 1.57. The van der Waals surface area contributed by atoms with E-state index in [1.807, 2.05) is 67.6 Å². The molecule has 1 aromatic heterocycles. The molecule has 1 N–H and O–H groups in total. The van der Waals surface area contributed by atoms with Crippen molar-refractivity contribution in [1.82, 2.24) is 10.3 Å². The Kier molecular flexibility index (Phi) is 8.58. The van der Waals surface area contributed by atoms with Crippen molar-refractivity contribution in [1.29, 1.82) is 0 Å². The van der Waals surface area contributed by atoms with Gasteiger partial charge in [0, 0.05) is 18.0 Å². The summed E-state index contributed by atoms with van der Waals surface area (Å²) in [6.45, 7) is 9.97. The molecule has 2 aromatic carbocycles. The molecule has 2 atom stereocenters. The Morgan fingerprint density at radius 3 is 2.44 bits per heavy atom. The number of oxazole rings is 1. The lowest BCUT2D eigenvalue weighted by atomic mass is 10.0. The second-order valence-electron chi connectivity index (χ2n) is 7.57. The predicted octanol–water partition coefficient (Wildman–Crippen LogP) is 5.62. The molecule has 0 saturated heterocycles. The number of benzene rings is 2. The van der Waals surface area contributed by atoms with E-state index in [9.17, 15) is 4.79 Å². The maximum Gasteiger partial charge on any atom is 0.226 e. The highest BCUT2D eigenvalue weighted by molar-refractivity contribution is 5.58. The first kappa shape index (κ1) is 23.2. The van der Waals surface area contributed by atoms with E-state index < -0.39 is 0 Å². The highest BCUT2D eigenvalue weighted by Crippen LogP contribution is 2.23. The third-order valence-corrected chi connectivity index (χ3v) is 5.21. The molecule has 0 radical (unpaired) electrons. The van der Waals surface area contributed by atoms with Gasteiger partial charge in [-0.1, -0.05) is 42.5 Å². The average Bonchev–Trinajstić information content (AvgIpc) is 3.20. The van der Waals surface area contributed by atoms with Crippen molar-refractivity contribution >= 4 is 6.29 Å². The van der Waals surface area contributed by atoms with Gasteiger partial charge in [0.25, 0.3) is 0 Å². The number of carbonyl (C=O) groups excluding carboxylic acids is 1. The van der Waals surface area contributed by atoms with Crippen LogP contribution >= 0.6 is 0 Å². The van der Waals surface area contributed by atoms with E-state index in [1.54, 1.807) is 6.08 Å². The number of rotatable bonds is 13. The Morgan fingerprint density at radius 2 is 1.78 bits per heavy atom. The van der Waals surface area contributed by atoms with Crippen molar-refractivity contribution < 1.29 is 13.9 Å². The summed E-state index contributed by atoms with van der Waals surface area (Å²) >= 11 is 0. The van der Waals surface area contributed by atoms with Crippen LogP contribution in [0.25, 0.3) is 11.5 Å². The number of nitrogens with one attached hydrogen (secondary N) is 1. The van der Waals surface area contributed by atoms with E-state index in [2.05, 4.69) is 23.5 Å². The zero-order chi connectivity index (χ0) is 22.8. The number of aldehydes is 1. The van der Waals surface area contributed by atoms with Crippen LogP contribution < -0.4 is 10.1 Å². The van der Waals surface area contributed by atoms with Crippen LogP contribution in [0.3, 0.4) is 0 Å². The van der Waals surface area contributed by atoms with Gasteiger partial charge in [0.15, 0.2) is 0 Å². The summed E-state index contributed by atoms with van der Waals surface area (Å²) in [5.41, 5.74) is 2.94. The van der Waals surface area contributed by atoms with Gasteiger partial charge >= 0.3 is 0 Å². The normalized spacial score (nSPS) is 12.7. The van der Waals surface area contributed by atoms with Crippen molar-refractivity contribution in [3.05, 3.63) is 96.9 Å². The monoisotopic (exact) mass is 430 g/mol. The molecule has 0 unspecified atom stereocenters. The standard InChI is InChI=1S/C27H30N2O3/c1-4-9-23(19-30)28-26(10-5-2)21-13-15-24(16-14-21)31-18-17-25-20(3)32-27(29-25)22-11-7-6-8-12-22/h4-8,11-16,19,23,26,28H,1-2,9-10,17-18H2,3H3/t23-,26-/m0/s1. The van der Waals surface area contributed by atoms with Crippen LogP contribution in [0.1, 0.15) is 35.9 Å². The van der Waals surface area contributed by atoms with Crippen molar-refractivity contribution in [3.63, 3.8) is 0 Å². The molecule has 0 aliphatic carbocycles. The van der Waals surface area contributed by atoms with Crippen molar-refractivity contribution in [2.75, 3.05) is 6.61 Å². The molecule has 3 aromatic rings. The smallest absolute Gasteiger partial charge is 0.226 e. The van der Waals surface area contributed by atoms with Crippen LogP contribution in [0.5, 0.6) is 5.75 Å². The number of hydrogen-bond donors (Lipinski definition) is 1. The van der Waals surface area contributed by atoms with E-state index >= 15 is 0 Å². The van der Waals surface area contributed by atoms with Crippen molar-refractivity contribution in [3.8, 4) is 17.2 Å². The molecule has 5 nitrogen and oxygen atoms in total. The van der Waals surface area contributed by atoms with E-state index in [1.165, 1.54) is 0 Å². The van der Waals surface area contributed by atoms with Gasteiger partial charge in [0.05, 0.1) is 18.3 Å². The van der Waals surface area contributed by atoms with Crippen LogP contribution in [0.2, 0.25) is 0 Å². The average molecular weight is 431 g/mol. The molecule has 0 saturated carbocycles. The minimum Gasteiger partial charge on any atom is -0.493 e. The second kappa shape index (κ2) is 11.8. The zero-order valence-corrected chi connectivity index (χ0v) is 18.5. The molecule has 0 spiro atoms. The molecular weight excluding hydrogens is 400 g/mol. The lowest BCUT2D eigenvalue weighted by Crippen LogP contribution is -2.33. The molecule has 0 amide bonds. The Bertz CT molecular complexity index is 1010. The molecule has 0 fully saturated rings. The summed E-state index contributed by atoms with van der Waals surface area (Å²) in [7, 11) is 0. The van der Waals surface area contributed by atoms with Crippen LogP contribution in [0.15, 0.2) is 84.3 Å². The molecular formula is C27H30N2O3. The van der Waals surface area contributed by atoms with Gasteiger partial charge in [-0.25, -0.2) is 4.98 Å². The van der Waals surface area contributed by atoms with Crippen LogP contribution in [0.4, 0.5) is 0 Å². The van der Waals surface area contributed by atoms with E-state index in [-0.39, 0.29) is 12.1 Å². The second-order valence-corrected chi connectivity index (χ2v) is 7.57. The van der Waals surface area contributed by atoms with E-state index in [4.69, 9.17) is 9.15 Å². The summed E-state index contributed by atoms with van der Waals surface area (Å²) in [6, 6.07) is 17.5. The number of carbonyl (C=O) groups is 1. The van der Waals surface area contributed by atoms with Crippen LogP contribution in [-0.2, 0) is 11.2 Å². The number of ether oxygens (including phenoxy) is 1. The topological polar surface area (TPSA) is 64.4 Å². The molecule has 0 aliphatic rings. The highest BCUT2D eigenvalue weighted by Gasteiger charge is 2.15. The summed E-state index contributed by atoms with van der Waals surface area (Å²) in [4.78, 5) is 15.9. The fourth-order valence-corrected chi connectivity index (χ4v) is 3.49. The van der Waals surface area contributed by atoms with Gasteiger partial charge in [-0.15, -0.1) is 13.2 Å². The molecule has 5 heteroatoms. The minimum absolute atomic E-state index is 0.00545. The van der Waals surface area contributed by atoms with Gasteiger partial charge in [-0.2, -0.15) is 0 Å². The Morgan fingerprint density at radius 1 is 1.06 bits per heavy atom. The Labute approximate surface area is 189 Å². The molecule has 0 aliphatic heterocycles. The van der Waals surface area contributed by atoms with Gasteiger partial charge in [0.2, 0.25) is 5.89 Å². The predicted molar refractivity (Wildman–Crippen MR) is 128 cm³/mol. The van der Waals surface area contributed by atoms with Crippen LogP contribution in [0, 0.1) is 6.92 Å². The largest absolute Gasteiger partial charge is 0.493 e. The Hall–Kier alpha value is -3.44. The summed E-state index contributed by atoms with van der Waals surface area (Å²) < 4.78 is 11.7. The highest BCUT2D eigenvalue weighted by atomic mass is 16.5. The fraction of sp³-hybridized carbons (Fsp3) is 0.259. The third kappa shape index (κ3) is 6.28. The third-order valence-electron chi connectivity index (χ3n) is 5.21. The lowest BCUT2D eigenvalue weighted by Gasteiger charge is -2.21. The maximum absolute atomic E-state index is 11.3. The van der Waals surface area contributed by atoms with Gasteiger partial charge in [0.1, 0.15) is 17.8 Å². The van der Waals surface area contributed by atoms with Crippen LogP contribution in [-0.4, -0.2) is 23.9 Å². The molecule has 32 heavy (non-hydrogen) atoms. The maximum atomic E-state index is 11.3. The first-order valence-corrected chi connectivity index (χ1v) is 10.8. The van der Waals surface area contributed by atoms with E-state index in [0.29, 0.717) is 25.3 Å². The van der Waals surface area contributed by atoms with Gasteiger partial charge in [-0.05, 0) is 49.6 Å². The first-order chi connectivity index (χ1) is 15.6. The number of hydrogen-bond acceptors (Lipinski definition) is 5. The molecule has 1 heterocycles.